The first kappa shape index (κ1) is 21.3. The van der Waals surface area contributed by atoms with Gasteiger partial charge in [0.1, 0.15) is 17.4 Å². The molecule has 1 saturated carbocycles. The van der Waals surface area contributed by atoms with Crippen LogP contribution in [0.3, 0.4) is 0 Å². The molecule has 0 aliphatic heterocycles. The molecule has 0 atom stereocenters. The number of hydrogen-bond acceptors (Lipinski definition) is 5. The average Bonchev–Trinajstić information content (AvgIpc) is 3.57. The summed E-state index contributed by atoms with van der Waals surface area (Å²) in [7, 11) is 1.95. The lowest BCUT2D eigenvalue weighted by molar-refractivity contribution is 0.646. The molecule has 8 heteroatoms. The quantitative estimate of drug-likeness (QED) is 0.388. The van der Waals surface area contributed by atoms with Crippen LogP contribution in [0.25, 0.3) is 38.9 Å². The fourth-order valence-corrected chi connectivity index (χ4v) is 4.71. The number of imidazole rings is 1. The number of benzene rings is 1. The van der Waals surface area contributed by atoms with Crippen molar-refractivity contribution in [1.82, 2.24) is 28.9 Å². The smallest absolute Gasteiger partial charge is 0.281 e. The van der Waals surface area contributed by atoms with E-state index in [9.17, 15) is 10.1 Å². The fraction of sp³-hybridized carbons (Fsp3) is 0.296. The summed E-state index contributed by atoms with van der Waals surface area (Å²) < 4.78 is 5.44. The van der Waals surface area contributed by atoms with Gasteiger partial charge in [0.25, 0.3) is 5.56 Å². The molecule has 4 aromatic heterocycles. The van der Waals surface area contributed by atoms with E-state index >= 15 is 0 Å². The van der Waals surface area contributed by atoms with Gasteiger partial charge in [-0.1, -0.05) is 13.0 Å². The molecular formula is C27H25N7O. The molecule has 0 saturated heterocycles. The summed E-state index contributed by atoms with van der Waals surface area (Å²) in [5.74, 6) is 1.46. The Balaban J connectivity index is 1.67. The normalized spacial score (nSPS) is 13.5. The van der Waals surface area contributed by atoms with Crippen LogP contribution >= 0.6 is 0 Å². The number of rotatable bonds is 5. The van der Waals surface area contributed by atoms with Crippen LogP contribution in [0.5, 0.6) is 0 Å². The molecule has 0 radical (unpaired) electrons. The van der Waals surface area contributed by atoms with Gasteiger partial charge in [0.2, 0.25) is 0 Å². The number of fused-ring (bicyclic) bond motifs is 2. The third kappa shape index (κ3) is 3.43. The molecule has 0 unspecified atom stereocenters. The first-order chi connectivity index (χ1) is 17.0. The molecule has 1 aliphatic rings. The monoisotopic (exact) mass is 463 g/mol. The zero-order valence-corrected chi connectivity index (χ0v) is 20.0. The number of aromatic nitrogens is 6. The third-order valence-electron chi connectivity index (χ3n) is 6.98. The van der Waals surface area contributed by atoms with Crippen molar-refractivity contribution in [1.29, 1.82) is 5.26 Å². The van der Waals surface area contributed by atoms with Gasteiger partial charge in [0.15, 0.2) is 0 Å². The molecule has 8 nitrogen and oxygen atoms in total. The van der Waals surface area contributed by atoms with Gasteiger partial charge < -0.3 is 9.13 Å². The SMILES string of the molecule is CCc1ccc(-c2c(=O)n(-c3ccc4nc(C)n(C)c4c3)nc3c(C#N)cn(CC4CC4)c23)cn1. The Morgan fingerprint density at radius 2 is 2.03 bits per heavy atom. The molecule has 4 heterocycles. The van der Waals surface area contributed by atoms with Crippen LogP contribution in [-0.4, -0.2) is 28.9 Å². The van der Waals surface area contributed by atoms with Gasteiger partial charge in [-0.25, -0.2) is 4.98 Å². The van der Waals surface area contributed by atoms with Crippen molar-refractivity contribution >= 4 is 22.1 Å². The molecule has 1 aromatic carbocycles. The predicted molar refractivity (Wildman–Crippen MR) is 134 cm³/mol. The minimum absolute atomic E-state index is 0.235. The van der Waals surface area contributed by atoms with E-state index < -0.39 is 0 Å². The van der Waals surface area contributed by atoms with Crippen LogP contribution in [-0.2, 0) is 20.0 Å². The van der Waals surface area contributed by atoms with Crippen molar-refractivity contribution in [3.05, 3.63) is 70.2 Å². The summed E-state index contributed by atoms with van der Waals surface area (Å²) in [6.07, 6.45) is 6.74. The summed E-state index contributed by atoms with van der Waals surface area (Å²) in [5, 5.41) is 14.7. The van der Waals surface area contributed by atoms with Crippen LogP contribution in [0.1, 0.15) is 36.8 Å². The molecule has 35 heavy (non-hydrogen) atoms. The Hall–Kier alpha value is -4.25. The van der Waals surface area contributed by atoms with Gasteiger partial charge in [0, 0.05) is 37.2 Å². The van der Waals surface area contributed by atoms with E-state index in [1.165, 1.54) is 4.68 Å². The Bertz CT molecular complexity index is 1710. The highest BCUT2D eigenvalue weighted by molar-refractivity contribution is 5.95. The standard InChI is InChI=1S/C27H25N7O/c1-4-20-8-7-18(13-29-20)24-26-25(19(12-28)15-33(26)14-17-5-6-17)31-34(27(24)35)21-9-10-22-23(11-21)32(3)16(2)30-22/h7-11,13,15,17H,4-6,14H2,1-3H3. The molecule has 174 valence electrons. The molecule has 1 fully saturated rings. The van der Waals surface area contributed by atoms with Gasteiger partial charge in [-0.15, -0.1) is 0 Å². The van der Waals surface area contributed by atoms with Gasteiger partial charge in [-0.3, -0.25) is 9.78 Å². The molecule has 1 aliphatic carbocycles. The minimum Gasteiger partial charge on any atom is -0.344 e. The minimum atomic E-state index is -0.235. The van der Waals surface area contributed by atoms with Crippen LogP contribution in [0, 0.1) is 24.2 Å². The predicted octanol–water partition coefficient (Wildman–Crippen LogP) is 4.29. The van der Waals surface area contributed by atoms with Gasteiger partial charge in [-0.05, 0) is 56.4 Å². The first-order valence-corrected chi connectivity index (χ1v) is 11.9. The zero-order valence-electron chi connectivity index (χ0n) is 20.0. The van der Waals surface area contributed by atoms with Crippen LogP contribution in [0.15, 0.2) is 47.5 Å². The Labute approximate surface area is 202 Å². The Morgan fingerprint density at radius 1 is 1.20 bits per heavy atom. The molecular weight excluding hydrogens is 438 g/mol. The van der Waals surface area contributed by atoms with E-state index in [-0.39, 0.29) is 5.56 Å². The van der Waals surface area contributed by atoms with Crippen LogP contribution < -0.4 is 5.56 Å². The lowest BCUT2D eigenvalue weighted by Gasteiger charge is -2.13. The van der Waals surface area contributed by atoms with E-state index in [4.69, 9.17) is 5.10 Å². The molecule has 5 aromatic rings. The highest BCUT2D eigenvalue weighted by atomic mass is 16.1. The van der Waals surface area contributed by atoms with Gasteiger partial charge >= 0.3 is 0 Å². The fourth-order valence-electron chi connectivity index (χ4n) is 4.71. The topological polar surface area (TPSA) is 94.3 Å². The second-order valence-corrected chi connectivity index (χ2v) is 9.32. The maximum Gasteiger partial charge on any atom is 0.281 e. The van der Waals surface area contributed by atoms with Crippen molar-refractivity contribution in [2.24, 2.45) is 13.0 Å². The third-order valence-corrected chi connectivity index (χ3v) is 6.98. The van der Waals surface area contributed by atoms with Crippen LogP contribution in [0.4, 0.5) is 0 Å². The van der Waals surface area contributed by atoms with E-state index in [2.05, 4.69) is 23.0 Å². The largest absolute Gasteiger partial charge is 0.344 e. The number of hydrogen-bond donors (Lipinski definition) is 0. The number of pyridine rings is 1. The average molecular weight is 464 g/mol. The van der Waals surface area contributed by atoms with Gasteiger partial charge in [-0.2, -0.15) is 15.0 Å². The number of nitrogens with zero attached hydrogens (tertiary/aromatic N) is 7. The van der Waals surface area contributed by atoms with E-state index in [0.29, 0.717) is 33.8 Å². The maximum absolute atomic E-state index is 14.1. The van der Waals surface area contributed by atoms with Gasteiger partial charge in [0.05, 0.1) is 33.4 Å². The zero-order chi connectivity index (χ0) is 24.3. The summed E-state index contributed by atoms with van der Waals surface area (Å²) in [6.45, 7) is 4.77. The van der Waals surface area contributed by atoms with Crippen LogP contribution in [0.2, 0.25) is 0 Å². The lowest BCUT2D eigenvalue weighted by atomic mass is 10.1. The molecule has 0 amide bonds. The van der Waals surface area contributed by atoms with E-state index in [1.807, 2.05) is 59.6 Å². The van der Waals surface area contributed by atoms with Crippen molar-refractivity contribution in [3.8, 4) is 22.9 Å². The number of aryl methyl sites for hydroxylation is 3. The Kier molecular flexibility index (Phi) is 4.81. The maximum atomic E-state index is 14.1. The second kappa shape index (κ2) is 7.91. The van der Waals surface area contributed by atoms with E-state index in [1.54, 1.807) is 6.20 Å². The summed E-state index contributed by atoms with van der Waals surface area (Å²) in [4.78, 5) is 23.2. The van der Waals surface area contributed by atoms with Crippen molar-refractivity contribution in [3.63, 3.8) is 0 Å². The highest BCUT2D eigenvalue weighted by Crippen LogP contribution is 2.35. The number of nitriles is 1. The van der Waals surface area contributed by atoms with Crippen molar-refractivity contribution in [2.75, 3.05) is 0 Å². The molecule has 0 spiro atoms. The Morgan fingerprint density at radius 3 is 2.71 bits per heavy atom. The van der Waals surface area contributed by atoms with E-state index in [0.717, 1.165) is 53.9 Å². The molecule has 6 rings (SSSR count). The van der Waals surface area contributed by atoms with Crippen molar-refractivity contribution < 1.29 is 0 Å². The second-order valence-electron chi connectivity index (χ2n) is 9.32. The summed E-state index contributed by atoms with van der Waals surface area (Å²) in [5.41, 5.74) is 6.08. The summed E-state index contributed by atoms with van der Waals surface area (Å²) >= 11 is 0. The molecule has 0 bridgehead atoms. The molecule has 0 N–H and O–H groups in total. The lowest BCUT2D eigenvalue weighted by Crippen LogP contribution is -2.24. The highest BCUT2D eigenvalue weighted by Gasteiger charge is 2.26. The first-order valence-electron chi connectivity index (χ1n) is 11.9. The summed E-state index contributed by atoms with van der Waals surface area (Å²) in [6, 6.07) is 11.9. The van der Waals surface area contributed by atoms with Crippen molar-refractivity contribution in [2.45, 2.75) is 39.7 Å².